The van der Waals surface area contributed by atoms with Crippen LogP contribution in [0.1, 0.15) is 67.2 Å². The van der Waals surface area contributed by atoms with E-state index in [1.54, 1.807) is 7.11 Å². The predicted molar refractivity (Wildman–Crippen MR) is 172 cm³/mol. The molecule has 214 valence electrons. The van der Waals surface area contributed by atoms with Crippen LogP contribution in [0.15, 0.2) is 85.2 Å². The van der Waals surface area contributed by atoms with Crippen LogP contribution in [0.5, 0.6) is 0 Å². The first-order valence-electron chi connectivity index (χ1n) is 14.6. The summed E-state index contributed by atoms with van der Waals surface area (Å²) < 4.78 is 19.3. The zero-order chi connectivity index (χ0) is 28.8. The first-order valence-corrected chi connectivity index (χ1v) is 19.4. The average molecular weight is 565 g/mol. The standard InChI is InChI=1S/C34H52O3Si2/c1-32(2,3)38(8,9)37-29-21-24-34(25-22-29,26-28-35-7)23-16-27-36-39(33(4,5)6,30-17-12-10-13-18-30)31-19-14-11-15-20-31/h10-15,17-21,24,26,28-29H,16,22-23,25,27H2,1-9H3/b28-26+/t29-,34-/m1/s1. The topological polar surface area (TPSA) is 27.7 Å². The molecule has 0 fully saturated rings. The summed E-state index contributed by atoms with van der Waals surface area (Å²) >= 11 is 0. The van der Waals surface area contributed by atoms with Gasteiger partial charge in [0.2, 0.25) is 0 Å². The number of benzene rings is 2. The Kier molecular flexibility index (Phi) is 10.3. The van der Waals surface area contributed by atoms with Crippen molar-refractivity contribution in [2.24, 2.45) is 5.41 Å². The lowest BCUT2D eigenvalue weighted by molar-refractivity contribution is 0.178. The molecule has 0 spiro atoms. The van der Waals surface area contributed by atoms with Gasteiger partial charge in [-0.25, -0.2) is 0 Å². The Morgan fingerprint density at radius 2 is 1.44 bits per heavy atom. The van der Waals surface area contributed by atoms with E-state index in [1.807, 2.05) is 6.26 Å². The third kappa shape index (κ3) is 7.43. The van der Waals surface area contributed by atoms with Crippen molar-refractivity contribution in [3.8, 4) is 0 Å². The smallest absolute Gasteiger partial charge is 0.261 e. The van der Waals surface area contributed by atoms with Crippen LogP contribution in [0.2, 0.25) is 23.2 Å². The maximum absolute atomic E-state index is 7.17. The lowest BCUT2D eigenvalue weighted by atomic mass is 9.75. The van der Waals surface area contributed by atoms with Gasteiger partial charge in [-0.3, -0.25) is 0 Å². The molecule has 3 rings (SSSR count). The lowest BCUT2D eigenvalue weighted by Gasteiger charge is -2.43. The SMILES string of the molecule is CO/C=C/[C@]1(CCCO[Si](c2ccccc2)(c2ccccc2)C(C)(C)C)C=C[C@@H](O[Si](C)(C)C(C)(C)C)CC1. The first kappa shape index (κ1) is 31.6. The Balaban J connectivity index is 1.79. The summed E-state index contributed by atoms with van der Waals surface area (Å²) in [5, 5.41) is 2.87. The molecule has 0 bridgehead atoms. The van der Waals surface area contributed by atoms with Crippen molar-refractivity contribution in [3.63, 3.8) is 0 Å². The summed E-state index contributed by atoms with van der Waals surface area (Å²) in [6.07, 6.45) is 13.1. The van der Waals surface area contributed by atoms with Gasteiger partial charge in [0.15, 0.2) is 8.32 Å². The molecule has 0 radical (unpaired) electrons. The molecule has 0 aromatic heterocycles. The first-order chi connectivity index (χ1) is 18.3. The van der Waals surface area contributed by atoms with E-state index in [0.717, 1.165) is 32.3 Å². The molecule has 0 saturated carbocycles. The highest BCUT2D eigenvalue weighted by atomic mass is 28.4. The van der Waals surface area contributed by atoms with E-state index in [2.05, 4.69) is 134 Å². The van der Waals surface area contributed by atoms with Crippen molar-refractivity contribution in [3.05, 3.63) is 85.2 Å². The number of hydrogen-bond donors (Lipinski definition) is 0. The van der Waals surface area contributed by atoms with Gasteiger partial charge < -0.3 is 13.6 Å². The Labute approximate surface area is 240 Å². The van der Waals surface area contributed by atoms with Gasteiger partial charge in [-0.05, 0) is 65.3 Å². The fraction of sp³-hybridized carbons (Fsp3) is 0.529. The minimum Gasteiger partial charge on any atom is -0.505 e. The van der Waals surface area contributed by atoms with E-state index in [4.69, 9.17) is 13.6 Å². The van der Waals surface area contributed by atoms with Crippen LogP contribution < -0.4 is 10.4 Å². The van der Waals surface area contributed by atoms with Crippen molar-refractivity contribution in [1.82, 2.24) is 0 Å². The van der Waals surface area contributed by atoms with E-state index in [-0.39, 0.29) is 21.6 Å². The molecule has 0 aliphatic heterocycles. The van der Waals surface area contributed by atoms with Gasteiger partial charge >= 0.3 is 0 Å². The van der Waals surface area contributed by atoms with Gasteiger partial charge in [-0.15, -0.1) is 0 Å². The third-order valence-electron chi connectivity index (χ3n) is 8.85. The van der Waals surface area contributed by atoms with Crippen LogP contribution in [0.25, 0.3) is 0 Å². The Morgan fingerprint density at radius 1 is 0.872 bits per heavy atom. The molecule has 0 heterocycles. The molecule has 1 aliphatic rings. The van der Waals surface area contributed by atoms with Crippen LogP contribution >= 0.6 is 0 Å². The second-order valence-corrected chi connectivity index (χ2v) is 22.8. The highest BCUT2D eigenvalue weighted by Gasteiger charge is 2.50. The van der Waals surface area contributed by atoms with Crippen LogP contribution in [-0.4, -0.2) is 36.5 Å². The van der Waals surface area contributed by atoms with Crippen LogP contribution in [0, 0.1) is 5.41 Å². The summed E-state index contributed by atoms with van der Waals surface area (Å²) in [7, 11) is -2.60. The van der Waals surface area contributed by atoms with Crippen molar-refractivity contribution in [1.29, 1.82) is 0 Å². The number of ether oxygens (including phenoxy) is 1. The molecule has 5 heteroatoms. The second-order valence-electron chi connectivity index (χ2n) is 13.7. The number of rotatable bonds is 11. The number of methoxy groups -OCH3 is 1. The highest BCUT2D eigenvalue weighted by molar-refractivity contribution is 6.99. The molecule has 1 aliphatic carbocycles. The van der Waals surface area contributed by atoms with Crippen molar-refractivity contribution < 1.29 is 13.6 Å². The number of hydrogen-bond acceptors (Lipinski definition) is 3. The number of allylic oxidation sites excluding steroid dienone is 2. The molecule has 0 amide bonds. The largest absolute Gasteiger partial charge is 0.505 e. The van der Waals surface area contributed by atoms with E-state index >= 15 is 0 Å². The average Bonchev–Trinajstić information content (AvgIpc) is 2.88. The third-order valence-corrected chi connectivity index (χ3v) is 18.4. The zero-order valence-electron chi connectivity index (χ0n) is 25.9. The molecule has 2 atom stereocenters. The summed E-state index contributed by atoms with van der Waals surface area (Å²) in [6, 6.07) is 21.8. The molecular formula is C34H52O3Si2. The molecule has 0 saturated heterocycles. The summed E-state index contributed by atoms with van der Waals surface area (Å²) in [6.45, 7) is 19.4. The lowest BCUT2D eigenvalue weighted by Crippen LogP contribution is -2.66. The molecular weight excluding hydrogens is 513 g/mol. The van der Waals surface area contributed by atoms with Crippen LogP contribution in [0.4, 0.5) is 0 Å². The maximum Gasteiger partial charge on any atom is 0.261 e. The van der Waals surface area contributed by atoms with Gasteiger partial charge in [0.05, 0.1) is 19.5 Å². The Bertz CT molecular complexity index is 1040. The summed E-state index contributed by atoms with van der Waals surface area (Å²) in [4.78, 5) is 0. The summed E-state index contributed by atoms with van der Waals surface area (Å²) in [5.74, 6) is 0. The van der Waals surface area contributed by atoms with Crippen molar-refractivity contribution in [2.75, 3.05) is 13.7 Å². The molecule has 3 nitrogen and oxygen atoms in total. The van der Waals surface area contributed by atoms with Gasteiger partial charge in [0, 0.05) is 12.0 Å². The van der Waals surface area contributed by atoms with Crippen molar-refractivity contribution in [2.45, 2.75) is 96.5 Å². The minimum absolute atomic E-state index is 0.0115. The van der Waals surface area contributed by atoms with Crippen LogP contribution in [-0.2, 0) is 13.6 Å². The Morgan fingerprint density at radius 3 is 1.87 bits per heavy atom. The highest BCUT2D eigenvalue weighted by Crippen LogP contribution is 2.43. The molecule has 2 aromatic carbocycles. The van der Waals surface area contributed by atoms with E-state index in [1.165, 1.54) is 10.4 Å². The molecule has 2 aromatic rings. The van der Waals surface area contributed by atoms with Gasteiger partial charge in [0.1, 0.15) is 0 Å². The summed E-state index contributed by atoms with van der Waals surface area (Å²) in [5.41, 5.74) is -0.0297. The fourth-order valence-electron chi connectivity index (χ4n) is 5.57. The second kappa shape index (κ2) is 12.7. The minimum atomic E-state index is -2.52. The van der Waals surface area contributed by atoms with Crippen LogP contribution in [0.3, 0.4) is 0 Å². The van der Waals surface area contributed by atoms with Gasteiger partial charge in [0.25, 0.3) is 8.32 Å². The van der Waals surface area contributed by atoms with Gasteiger partial charge in [-0.2, -0.15) is 0 Å². The zero-order valence-corrected chi connectivity index (χ0v) is 27.9. The molecule has 0 unspecified atom stereocenters. The monoisotopic (exact) mass is 564 g/mol. The molecule has 39 heavy (non-hydrogen) atoms. The van der Waals surface area contributed by atoms with E-state index in [9.17, 15) is 0 Å². The maximum atomic E-state index is 7.17. The van der Waals surface area contributed by atoms with Gasteiger partial charge in [-0.1, -0.05) is 114 Å². The fourth-order valence-corrected chi connectivity index (χ4v) is 11.5. The Hall–Kier alpha value is -1.93. The van der Waals surface area contributed by atoms with Crippen molar-refractivity contribution >= 4 is 27.0 Å². The normalized spacial score (nSPS) is 20.9. The van der Waals surface area contributed by atoms with E-state index < -0.39 is 16.6 Å². The van der Waals surface area contributed by atoms with E-state index in [0.29, 0.717) is 0 Å². The predicted octanol–water partition coefficient (Wildman–Crippen LogP) is 8.23. The molecule has 0 N–H and O–H groups in total. The quantitative estimate of drug-likeness (QED) is 0.119.